The van der Waals surface area contributed by atoms with Crippen LogP contribution in [0.2, 0.25) is 0 Å². The zero-order chi connectivity index (χ0) is 19.8. The van der Waals surface area contributed by atoms with Gasteiger partial charge in [-0.1, -0.05) is 15.9 Å². The molecular weight excluding hydrogens is 412 g/mol. The van der Waals surface area contributed by atoms with Gasteiger partial charge in [0.15, 0.2) is 11.5 Å². The van der Waals surface area contributed by atoms with Crippen LogP contribution in [0.4, 0.5) is 5.69 Å². The summed E-state index contributed by atoms with van der Waals surface area (Å²) in [4.78, 5) is 12.4. The molecule has 0 aliphatic rings. The van der Waals surface area contributed by atoms with E-state index < -0.39 is 5.91 Å². The molecule has 0 radical (unpaired) electrons. The summed E-state index contributed by atoms with van der Waals surface area (Å²) in [6.07, 6.45) is 1.48. The summed E-state index contributed by atoms with van der Waals surface area (Å²) in [6, 6.07) is 12.2. The van der Waals surface area contributed by atoms with Crippen molar-refractivity contribution >= 4 is 33.6 Å². The smallest absolute Gasteiger partial charge is 0.266 e. The van der Waals surface area contributed by atoms with Crippen LogP contribution in [0.25, 0.3) is 6.08 Å². The SMILES string of the molecule is CCOc1ccc(NC(=O)/C(C#N)=C\c2cc(OC)c(OC)cc2Br)cc1. The second-order valence-corrected chi connectivity index (χ2v) is 6.16. The number of nitrogens with one attached hydrogen (secondary N) is 1. The lowest BCUT2D eigenvalue weighted by Gasteiger charge is -2.10. The quantitative estimate of drug-likeness (QED) is 0.519. The molecule has 0 aliphatic heterocycles. The number of rotatable bonds is 7. The molecule has 0 heterocycles. The lowest BCUT2D eigenvalue weighted by Crippen LogP contribution is -2.13. The van der Waals surface area contributed by atoms with Crippen LogP contribution in [0.3, 0.4) is 0 Å². The maximum Gasteiger partial charge on any atom is 0.266 e. The first-order chi connectivity index (χ1) is 13.0. The van der Waals surface area contributed by atoms with Crippen LogP contribution in [-0.4, -0.2) is 26.7 Å². The number of carbonyl (C=O) groups is 1. The van der Waals surface area contributed by atoms with Gasteiger partial charge in [0.25, 0.3) is 5.91 Å². The number of hydrogen-bond donors (Lipinski definition) is 1. The molecule has 2 aromatic carbocycles. The van der Waals surface area contributed by atoms with Crippen molar-refractivity contribution in [2.75, 3.05) is 26.1 Å². The summed E-state index contributed by atoms with van der Waals surface area (Å²) < 4.78 is 16.5. The Labute approximate surface area is 166 Å². The maximum atomic E-state index is 12.4. The molecule has 7 heteroatoms. The molecule has 1 amide bonds. The molecule has 2 rings (SSSR count). The van der Waals surface area contributed by atoms with Gasteiger partial charge < -0.3 is 19.5 Å². The minimum atomic E-state index is -0.511. The average Bonchev–Trinajstić information content (AvgIpc) is 2.68. The second kappa shape index (κ2) is 9.64. The zero-order valence-corrected chi connectivity index (χ0v) is 16.8. The van der Waals surface area contributed by atoms with Gasteiger partial charge in [0.1, 0.15) is 17.4 Å². The zero-order valence-electron chi connectivity index (χ0n) is 15.2. The number of nitriles is 1. The number of halogens is 1. The number of nitrogens with zero attached hydrogens (tertiary/aromatic N) is 1. The van der Waals surface area contributed by atoms with Crippen molar-refractivity contribution in [1.82, 2.24) is 0 Å². The third-order valence-corrected chi connectivity index (χ3v) is 4.28. The molecule has 0 fully saturated rings. The molecule has 6 nitrogen and oxygen atoms in total. The van der Waals surface area contributed by atoms with Crippen LogP contribution in [-0.2, 0) is 4.79 Å². The Balaban J connectivity index is 2.25. The number of carbonyl (C=O) groups excluding carboxylic acids is 1. The minimum absolute atomic E-state index is 0.0446. The van der Waals surface area contributed by atoms with Crippen LogP contribution in [0.15, 0.2) is 46.4 Å². The molecule has 0 saturated heterocycles. The fourth-order valence-corrected chi connectivity index (χ4v) is 2.72. The number of ether oxygens (including phenoxy) is 3. The van der Waals surface area contributed by atoms with E-state index in [-0.39, 0.29) is 5.57 Å². The van der Waals surface area contributed by atoms with Gasteiger partial charge in [-0.2, -0.15) is 5.26 Å². The molecule has 1 N–H and O–H groups in total. The molecule has 2 aromatic rings. The third kappa shape index (κ3) is 5.25. The topological polar surface area (TPSA) is 80.6 Å². The number of hydrogen-bond acceptors (Lipinski definition) is 5. The molecule has 0 unspecified atom stereocenters. The van der Waals surface area contributed by atoms with Gasteiger partial charge in [0.05, 0.1) is 20.8 Å². The van der Waals surface area contributed by atoms with E-state index in [1.807, 2.05) is 13.0 Å². The fraction of sp³-hybridized carbons (Fsp3) is 0.200. The van der Waals surface area contributed by atoms with Gasteiger partial charge in [-0.3, -0.25) is 4.79 Å². The highest BCUT2D eigenvalue weighted by Crippen LogP contribution is 2.34. The molecule has 0 saturated carbocycles. The Morgan fingerprint density at radius 2 is 1.81 bits per heavy atom. The summed E-state index contributed by atoms with van der Waals surface area (Å²) >= 11 is 3.41. The van der Waals surface area contributed by atoms with Gasteiger partial charge in [0, 0.05) is 10.2 Å². The van der Waals surface area contributed by atoms with E-state index in [0.29, 0.717) is 39.6 Å². The van der Waals surface area contributed by atoms with Crippen LogP contribution in [0.5, 0.6) is 17.2 Å². The van der Waals surface area contributed by atoms with Crippen molar-refractivity contribution in [1.29, 1.82) is 5.26 Å². The Bertz CT molecular complexity index is 886. The number of amides is 1. The molecule has 0 aromatic heterocycles. The predicted molar refractivity (Wildman–Crippen MR) is 107 cm³/mol. The third-order valence-electron chi connectivity index (χ3n) is 3.59. The van der Waals surface area contributed by atoms with Gasteiger partial charge in [-0.05, 0) is 55.0 Å². The summed E-state index contributed by atoms with van der Waals surface area (Å²) in [5.74, 6) is 1.24. The highest BCUT2D eigenvalue weighted by Gasteiger charge is 2.13. The van der Waals surface area contributed by atoms with Crippen molar-refractivity contribution in [3.63, 3.8) is 0 Å². The van der Waals surface area contributed by atoms with Crippen LogP contribution in [0.1, 0.15) is 12.5 Å². The first-order valence-corrected chi connectivity index (χ1v) is 8.89. The summed E-state index contributed by atoms with van der Waals surface area (Å²) in [7, 11) is 3.05. The van der Waals surface area contributed by atoms with E-state index in [4.69, 9.17) is 14.2 Å². The summed E-state index contributed by atoms with van der Waals surface area (Å²) in [5.41, 5.74) is 1.14. The Morgan fingerprint density at radius 1 is 1.19 bits per heavy atom. The van der Waals surface area contributed by atoms with E-state index in [1.165, 1.54) is 20.3 Å². The van der Waals surface area contributed by atoms with Crippen molar-refractivity contribution in [3.8, 4) is 23.3 Å². The highest BCUT2D eigenvalue weighted by molar-refractivity contribution is 9.10. The highest BCUT2D eigenvalue weighted by atomic mass is 79.9. The monoisotopic (exact) mass is 430 g/mol. The molecule has 140 valence electrons. The summed E-state index contributed by atoms with van der Waals surface area (Å²) in [5, 5.41) is 12.1. The van der Waals surface area contributed by atoms with E-state index >= 15 is 0 Å². The van der Waals surface area contributed by atoms with Gasteiger partial charge >= 0.3 is 0 Å². The van der Waals surface area contributed by atoms with E-state index in [9.17, 15) is 10.1 Å². The van der Waals surface area contributed by atoms with Gasteiger partial charge in [-0.25, -0.2) is 0 Å². The molecule has 0 bridgehead atoms. The van der Waals surface area contributed by atoms with Crippen molar-refractivity contribution in [3.05, 3.63) is 52.0 Å². The minimum Gasteiger partial charge on any atom is -0.494 e. The first-order valence-electron chi connectivity index (χ1n) is 8.09. The average molecular weight is 431 g/mol. The normalized spacial score (nSPS) is 10.7. The number of methoxy groups -OCH3 is 2. The van der Waals surface area contributed by atoms with Gasteiger partial charge in [0.2, 0.25) is 0 Å². The van der Waals surface area contributed by atoms with E-state index in [2.05, 4.69) is 21.2 Å². The largest absolute Gasteiger partial charge is 0.494 e. The maximum absolute atomic E-state index is 12.4. The van der Waals surface area contributed by atoms with Crippen molar-refractivity contribution < 1.29 is 19.0 Å². The first kappa shape index (κ1) is 20.3. The summed E-state index contributed by atoms with van der Waals surface area (Å²) in [6.45, 7) is 2.46. The Hall–Kier alpha value is -2.98. The molecular formula is C20H19BrN2O4. The Morgan fingerprint density at radius 3 is 2.37 bits per heavy atom. The molecule has 0 spiro atoms. The lowest BCUT2D eigenvalue weighted by atomic mass is 10.1. The van der Waals surface area contributed by atoms with Crippen molar-refractivity contribution in [2.45, 2.75) is 6.92 Å². The van der Waals surface area contributed by atoms with E-state index in [0.717, 1.165) is 0 Å². The second-order valence-electron chi connectivity index (χ2n) is 5.31. The van der Waals surface area contributed by atoms with Gasteiger partial charge in [-0.15, -0.1) is 0 Å². The van der Waals surface area contributed by atoms with Crippen molar-refractivity contribution in [2.24, 2.45) is 0 Å². The Kier molecular flexibility index (Phi) is 7.26. The van der Waals surface area contributed by atoms with Crippen LogP contribution < -0.4 is 19.5 Å². The van der Waals surface area contributed by atoms with E-state index in [1.54, 1.807) is 36.4 Å². The number of benzene rings is 2. The molecule has 27 heavy (non-hydrogen) atoms. The standard InChI is InChI=1S/C20H19BrN2O4/c1-4-27-16-7-5-15(6-8-16)23-20(24)14(12-22)9-13-10-18(25-2)19(26-3)11-17(13)21/h5-11H,4H2,1-3H3,(H,23,24)/b14-9-. The van der Waals surface area contributed by atoms with Crippen LogP contribution >= 0.6 is 15.9 Å². The molecule has 0 aliphatic carbocycles. The fourth-order valence-electron chi connectivity index (χ4n) is 2.28. The molecule has 0 atom stereocenters. The van der Waals surface area contributed by atoms with Crippen LogP contribution in [0, 0.1) is 11.3 Å². The lowest BCUT2D eigenvalue weighted by molar-refractivity contribution is -0.112. The number of anilines is 1. The predicted octanol–water partition coefficient (Wildman–Crippen LogP) is 4.41.